The summed E-state index contributed by atoms with van der Waals surface area (Å²) in [6.07, 6.45) is 0. The summed E-state index contributed by atoms with van der Waals surface area (Å²) in [6.45, 7) is 3.10. The van der Waals surface area contributed by atoms with Crippen molar-refractivity contribution in [1.29, 1.82) is 0 Å². The van der Waals surface area contributed by atoms with Gasteiger partial charge in [0, 0.05) is 13.1 Å². The molecule has 2 aromatic rings. The first-order valence-corrected chi connectivity index (χ1v) is 5.55. The third-order valence-corrected chi connectivity index (χ3v) is 3.01. The molecule has 1 fully saturated rings. The molecule has 2 aromatic carbocycles. The standard InChI is InChI=1S/C13H13NO2/c15-13-11(10-4-2-1-3-5-10)12(13)14-6-8-16-9-7-14/h1-5H,6-9H2. The molecule has 3 nitrogen and oxygen atoms in total. The maximum atomic E-state index is 11.8. The van der Waals surface area contributed by atoms with Gasteiger partial charge in [0.1, 0.15) is 0 Å². The molecule has 0 aromatic heterocycles. The lowest BCUT2D eigenvalue weighted by Crippen LogP contribution is -2.35. The molecule has 0 aliphatic carbocycles. The Balaban J connectivity index is 1.86. The van der Waals surface area contributed by atoms with Crippen LogP contribution in [0.1, 0.15) is 0 Å². The first-order valence-electron chi connectivity index (χ1n) is 5.55. The molecule has 16 heavy (non-hydrogen) atoms. The molecule has 1 saturated heterocycles. The second-order valence-corrected chi connectivity index (χ2v) is 4.02. The van der Waals surface area contributed by atoms with E-state index in [-0.39, 0.29) is 5.43 Å². The molecule has 0 atom stereocenters. The van der Waals surface area contributed by atoms with Crippen molar-refractivity contribution in [2.45, 2.75) is 0 Å². The monoisotopic (exact) mass is 215 g/mol. The van der Waals surface area contributed by atoms with Crippen LogP contribution in [0.4, 0.5) is 5.69 Å². The van der Waals surface area contributed by atoms with Crippen molar-refractivity contribution in [3.8, 4) is 11.1 Å². The molecule has 1 aliphatic rings. The fraction of sp³-hybridized carbons (Fsp3) is 0.308. The number of anilines is 1. The highest BCUT2D eigenvalue weighted by atomic mass is 16.5. The summed E-state index contributed by atoms with van der Waals surface area (Å²) in [4.78, 5) is 13.9. The highest BCUT2D eigenvalue weighted by Crippen LogP contribution is 2.33. The van der Waals surface area contributed by atoms with Crippen LogP contribution in [0.5, 0.6) is 0 Å². The van der Waals surface area contributed by atoms with E-state index in [0.717, 1.165) is 43.1 Å². The van der Waals surface area contributed by atoms with Crippen LogP contribution in [-0.4, -0.2) is 26.3 Å². The van der Waals surface area contributed by atoms with Crippen molar-refractivity contribution in [3.05, 3.63) is 40.6 Å². The van der Waals surface area contributed by atoms with Crippen LogP contribution in [0.15, 0.2) is 35.1 Å². The average molecular weight is 215 g/mol. The summed E-state index contributed by atoms with van der Waals surface area (Å²) in [7, 11) is 0. The number of benzene rings is 1. The Kier molecular flexibility index (Phi) is 2.26. The second kappa shape index (κ2) is 3.76. The molecule has 0 amide bonds. The Hall–Kier alpha value is -1.61. The zero-order chi connectivity index (χ0) is 11.0. The normalized spacial score (nSPS) is 16.9. The molecule has 0 N–H and O–H groups in total. The van der Waals surface area contributed by atoms with Gasteiger partial charge < -0.3 is 9.64 Å². The third kappa shape index (κ3) is 1.53. The Morgan fingerprint density at radius 3 is 2.44 bits per heavy atom. The van der Waals surface area contributed by atoms with E-state index in [4.69, 9.17) is 4.74 Å². The summed E-state index contributed by atoms with van der Waals surface area (Å²) < 4.78 is 5.28. The molecule has 1 heterocycles. The summed E-state index contributed by atoms with van der Waals surface area (Å²) in [5, 5.41) is 0. The Morgan fingerprint density at radius 1 is 1.06 bits per heavy atom. The molecule has 0 saturated carbocycles. The van der Waals surface area contributed by atoms with Crippen LogP contribution in [0.25, 0.3) is 11.1 Å². The lowest BCUT2D eigenvalue weighted by molar-refractivity contribution is 0.123. The number of morpholine rings is 1. The van der Waals surface area contributed by atoms with Crippen LogP contribution in [-0.2, 0) is 4.74 Å². The lowest BCUT2D eigenvalue weighted by Gasteiger charge is -2.25. The lowest BCUT2D eigenvalue weighted by atomic mass is 10.2. The fourth-order valence-corrected chi connectivity index (χ4v) is 2.12. The van der Waals surface area contributed by atoms with Gasteiger partial charge in [0.05, 0.1) is 24.5 Å². The van der Waals surface area contributed by atoms with Crippen LogP contribution >= 0.6 is 0 Å². The van der Waals surface area contributed by atoms with Gasteiger partial charge in [-0.15, -0.1) is 0 Å². The van der Waals surface area contributed by atoms with Gasteiger partial charge in [0.15, 0.2) is 0 Å². The molecule has 3 heteroatoms. The maximum Gasteiger partial charge on any atom is 0.212 e. The molecule has 1 aliphatic heterocycles. The average Bonchev–Trinajstić information content (AvgIpc) is 3.03. The van der Waals surface area contributed by atoms with Gasteiger partial charge in [0.25, 0.3) is 0 Å². The minimum absolute atomic E-state index is 0.202. The Bertz CT molecular complexity index is 491. The highest BCUT2D eigenvalue weighted by molar-refractivity contribution is 5.90. The topological polar surface area (TPSA) is 29.5 Å². The van der Waals surface area contributed by atoms with Crippen molar-refractivity contribution < 1.29 is 4.74 Å². The van der Waals surface area contributed by atoms with Crippen molar-refractivity contribution in [3.63, 3.8) is 0 Å². The Labute approximate surface area is 93.9 Å². The predicted molar refractivity (Wildman–Crippen MR) is 63.6 cm³/mol. The largest absolute Gasteiger partial charge is 0.378 e. The van der Waals surface area contributed by atoms with E-state index >= 15 is 0 Å². The molecule has 3 rings (SSSR count). The molecular formula is C13H13NO2. The fourth-order valence-electron chi connectivity index (χ4n) is 2.12. The van der Waals surface area contributed by atoms with E-state index in [1.807, 2.05) is 30.3 Å². The third-order valence-electron chi connectivity index (χ3n) is 3.01. The number of hydrogen-bond acceptors (Lipinski definition) is 3. The summed E-state index contributed by atoms with van der Waals surface area (Å²) in [5.41, 5.74) is 3.03. The van der Waals surface area contributed by atoms with Crippen LogP contribution in [0.2, 0.25) is 0 Å². The van der Waals surface area contributed by atoms with E-state index in [1.165, 1.54) is 0 Å². The van der Waals surface area contributed by atoms with E-state index < -0.39 is 0 Å². The highest BCUT2D eigenvalue weighted by Gasteiger charge is 2.29. The van der Waals surface area contributed by atoms with Gasteiger partial charge in [-0.2, -0.15) is 0 Å². The van der Waals surface area contributed by atoms with Gasteiger partial charge in [-0.05, 0) is 5.56 Å². The van der Waals surface area contributed by atoms with Crippen LogP contribution in [0, 0.1) is 0 Å². The SMILES string of the molecule is O=c1c(-c2ccccc2)c1N1CCOCC1. The number of rotatable bonds is 2. The smallest absolute Gasteiger partial charge is 0.212 e. The second-order valence-electron chi connectivity index (χ2n) is 4.02. The molecule has 0 unspecified atom stereocenters. The van der Waals surface area contributed by atoms with Crippen LogP contribution in [0.3, 0.4) is 0 Å². The maximum absolute atomic E-state index is 11.8. The first kappa shape index (κ1) is 9.60. The van der Waals surface area contributed by atoms with E-state index in [9.17, 15) is 4.79 Å². The van der Waals surface area contributed by atoms with Crippen molar-refractivity contribution in [2.75, 3.05) is 31.2 Å². The van der Waals surface area contributed by atoms with Gasteiger partial charge in [0.2, 0.25) is 5.43 Å². The van der Waals surface area contributed by atoms with Gasteiger partial charge in [-0.1, -0.05) is 30.3 Å². The minimum Gasteiger partial charge on any atom is -0.378 e. The zero-order valence-corrected chi connectivity index (χ0v) is 8.98. The van der Waals surface area contributed by atoms with Gasteiger partial charge >= 0.3 is 0 Å². The molecule has 0 spiro atoms. The zero-order valence-electron chi connectivity index (χ0n) is 8.98. The summed E-state index contributed by atoms with van der Waals surface area (Å²) in [6, 6.07) is 9.86. The predicted octanol–water partition coefficient (Wildman–Crippen LogP) is 1.43. The minimum atomic E-state index is 0.202. The number of hydrogen-bond donors (Lipinski definition) is 0. The Morgan fingerprint density at radius 2 is 1.75 bits per heavy atom. The van der Waals surface area contributed by atoms with Crippen LogP contribution < -0.4 is 10.3 Å². The summed E-state index contributed by atoms with van der Waals surface area (Å²) in [5.74, 6) is 0. The van der Waals surface area contributed by atoms with Gasteiger partial charge in [-0.25, -0.2) is 0 Å². The molecular weight excluding hydrogens is 202 g/mol. The first-order chi connectivity index (χ1) is 7.88. The van der Waals surface area contributed by atoms with Crippen molar-refractivity contribution in [2.24, 2.45) is 0 Å². The number of nitrogens with zero attached hydrogens (tertiary/aromatic N) is 1. The molecule has 82 valence electrons. The van der Waals surface area contributed by atoms with E-state index in [2.05, 4.69) is 4.90 Å². The van der Waals surface area contributed by atoms with Gasteiger partial charge in [-0.3, -0.25) is 4.79 Å². The number of ether oxygens (including phenoxy) is 1. The van der Waals surface area contributed by atoms with E-state index in [0.29, 0.717) is 0 Å². The molecule has 0 radical (unpaired) electrons. The molecule has 0 bridgehead atoms. The van der Waals surface area contributed by atoms with E-state index in [1.54, 1.807) is 0 Å². The van der Waals surface area contributed by atoms with Crippen molar-refractivity contribution >= 4 is 5.69 Å². The van der Waals surface area contributed by atoms with Crippen molar-refractivity contribution in [1.82, 2.24) is 0 Å². The quantitative estimate of drug-likeness (QED) is 0.759. The summed E-state index contributed by atoms with van der Waals surface area (Å²) >= 11 is 0.